The smallest absolute Gasteiger partial charge is 0.321 e. The summed E-state index contributed by atoms with van der Waals surface area (Å²) in [6, 6.07) is 31.5. The number of ether oxygens (including phenoxy) is 3. The van der Waals surface area contributed by atoms with E-state index < -0.39 is 5.85 Å². The largest absolute Gasteiger partial charge is 0.493 e. The van der Waals surface area contributed by atoms with Crippen molar-refractivity contribution < 1.29 is 19.0 Å². The molecule has 2 unspecified atom stereocenters. The summed E-state index contributed by atoms with van der Waals surface area (Å²) in [4.78, 5) is 16.6. The first kappa shape index (κ1) is 29.5. The predicted molar refractivity (Wildman–Crippen MR) is 183 cm³/mol. The van der Waals surface area contributed by atoms with Crippen LogP contribution in [0.3, 0.4) is 0 Å². The van der Waals surface area contributed by atoms with Crippen LogP contribution in [0.25, 0.3) is 6.08 Å². The third-order valence-corrected chi connectivity index (χ3v) is 9.44. The van der Waals surface area contributed by atoms with Crippen LogP contribution in [-0.2, 0) is 0 Å². The van der Waals surface area contributed by atoms with Crippen LogP contribution in [0, 0.1) is 5.92 Å². The Balaban J connectivity index is 1.42. The lowest BCUT2D eigenvalue weighted by Gasteiger charge is -2.49. The lowest BCUT2D eigenvalue weighted by atomic mass is 9.95. The van der Waals surface area contributed by atoms with E-state index in [0.29, 0.717) is 41.1 Å². The molecular formula is C36H32BrN3O4S. The van der Waals surface area contributed by atoms with Gasteiger partial charge in [-0.05, 0) is 77.3 Å². The second kappa shape index (κ2) is 11.9. The summed E-state index contributed by atoms with van der Waals surface area (Å²) in [5.41, 5.74) is 4.54. The summed E-state index contributed by atoms with van der Waals surface area (Å²) in [5.74, 6) is 1.01. The first-order valence-corrected chi connectivity index (χ1v) is 16.5. The summed E-state index contributed by atoms with van der Waals surface area (Å²) in [5, 5.41) is 7.08. The van der Waals surface area contributed by atoms with Crippen molar-refractivity contribution in [1.29, 1.82) is 0 Å². The number of para-hydroxylation sites is 1. The van der Waals surface area contributed by atoms with Gasteiger partial charge in [-0.25, -0.2) is 9.91 Å². The molecule has 0 aromatic heterocycles. The maximum atomic E-state index is 14.1. The minimum absolute atomic E-state index is 0.154. The first-order valence-electron chi connectivity index (χ1n) is 14.9. The second-order valence-corrected chi connectivity index (χ2v) is 13.4. The minimum atomic E-state index is -1.37. The lowest BCUT2D eigenvalue weighted by molar-refractivity contribution is -0.0763. The highest BCUT2D eigenvalue weighted by molar-refractivity contribution is 9.10. The van der Waals surface area contributed by atoms with Gasteiger partial charge >= 0.3 is 5.85 Å². The van der Waals surface area contributed by atoms with Gasteiger partial charge in [0, 0.05) is 16.5 Å². The lowest BCUT2D eigenvalue weighted by Crippen LogP contribution is -2.63. The van der Waals surface area contributed by atoms with Gasteiger partial charge in [0.05, 0.1) is 36.1 Å². The van der Waals surface area contributed by atoms with Crippen LogP contribution in [0.15, 0.2) is 112 Å². The fraction of sp³-hybridized carbons (Fsp3) is 0.222. The van der Waals surface area contributed by atoms with E-state index in [2.05, 4.69) is 48.0 Å². The van der Waals surface area contributed by atoms with Crippen LogP contribution in [-0.4, -0.2) is 35.5 Å². The highest BCUT2D eigenvalue weighted by Gasteiger charge is 2.63. The highest BCUT2D eigenvalue weighted by Crippen LogP contribution is 2.58. The van der Waals surface area contributed by atoms with Crippen molar-refractivity contribution >= 4 is 50.4 Å². The Labute approximate surface area is 275 Å². The number of rotatable bonds is 7. The standard InChI is InChI=1S/C36H32BrN3O4S/c1-23(2)22-43-32-16-14-24(18-33(32)42-3)19-34-36(39(35(41)45-34)27-12-8-5-9-13-27)40-30(28-20-26(37)15-17-31(28)44-36)21-29(38-40)25-10-6-4-7-11-25/h4-20,23,30H,21-22H2,1-3H3/b34-19-. The van der Waals surface area contributed by atoms with Gasteiger partial charge in [0.15, 0.2) is 11.5 Å². The van der Waals surface area contributed by atoms with Gasteiger partial charge in [-0.2, -0.15) is 5.10 Å². The zero-order valence-corrected chi connectivity index (χ0v) is 27.5. The van der Waals surface area contributed by atoms with Crippen LogP contribution >= 0.6 is 27.7 Å². The maximum Gasteiger partial charge on any atom is 0.321 e. The van der Waals surface area contributed by atoms with E-state index in [-0.39, 0.29) is 11.3 Å². The molecule has 1 saturated heterocycles. The van der Waals surface area contributed by atoms with Crippen LogP contribution in [0.4, 0.5) is 10.5 Å². The Morgan fingerprint density at radius 2 is 1.78 bits per heavy atom. The van der Waals surface area contributed by atoms with Crippen molar-refractivity contribution in [1.82, 2.24) is 5.01 Å². The molecule has 1 fully saturated rings. The van der Waals surface area contributed by atoms with Crippen molar-refractivity contribution in [3.05, 3.63) is 123 Å². The van der Waals surface area contributed by atoms with Gasteiger partial charge in [0.1, 0.15) is 5.75 Å². The zero-order valence-electron chi connectivity index (χ0n) is 25.1. The normalized spacial score (nSPS) is 21.2. The summed E-state index contributed by atoms with van der Waals surface area (Å²) in [7, 11) is 1.63. The average Bonchev–Trinajstić information content (AvgIpc) is 3.62. The van der Waals surface area contributed by atoms with Crippen molar-refractivity contribution in [2.45, 2.75) is 32.2 Å². The van der Waals surface area contributed by atoms with Crippen LogP contribution in [0.2, 0.25) is 0 Å². The molecule has 3 heterocycles. The number of halogens is 1. The summed E-state index contributed by atoms with van der Waals surface area (Å²) in [6.45, 7) is 4.80. The average molecular weight is 683 g/mol. The fourth-order valence-corrected chi connectivity index (χ4v) is 7.38. The van der Waals surface area contributed by atoms with E-state index in [1.807, 2.05) is 89.9 Å². The fourth-order valence-electron chi connectivity index (χ4n) is 5.94. The van der Waals surface area contributed by atoms with Gasteiger partial charge in [-0.3, -0.25) is 4.79 Å². The Kier molecular flexibility index (Phi) is 7.83. The topological polar surface area (TPSA) is 63.6 Å². The van der Waals surface area contributed by atoms with Crippen LogP contribution in [0.5, 0.6) is 17.2 Å². The predicted octanol–water partition coefficient (Wildman–Crippen LogP) is 9.10. The van der Waals surface area contributed by atoms with Crippen molar-refractivity contribution in [2.24, 2.45) is 11.0 Å². The van der Waals surface area contributed by atoms with Gasteiger partial charge in [0.25, 0.3) is 5.24 Å². The monoisotopic (exact) mass is 681 g/mol. The number of hydrogen-bond acceptors (Lipinski definition) is 7. The molecule has 3 aliphatic heterocycles. The van der Waals surface area contributed by atoms with Gasteiger partial charge < -0.3 is 14.2 Å². The molecule has 45 heavy (non-hydrogen) atoms. The molecule has 0 saturated carbocycles. The number of nitrogens with zero attached hydrogens (tertiary/aromatic N) is 3. The molecule has 7 rings (SSSR count). The number of benzene rings is 4. The van der Waals surface area contributed by atoms with E-state index >= 15 is 0 Å². The Bertz CT molecular complexity index is 1810. The highest BCUT2D eigenvalue weighted by atomic mass is 79.9. The number of carbonyl (C=O) groups excluding carboxylic acids is 1. The molecule has 2 atom stereocenters. The third-order valence-electron chi connectivity index (χ3n) is 7.99. The molecule has 4 aromatic rings. The quantitative estimate of drug-likeness (QED) is 0.194. The van der Waals surface area contributed by atoms with Gasteiger partial charge in [-0.15, -0.1) is 0 Å². The number of fused-ring (bicyclic) bond motifs is 4. The van der Waals surface area contributed by atoms with E-state index in [4.69, 9.17) is 19.3 Å². The SMILES string of the molecule is COc1cc(/C=C2\SC(=O)N(c3ccccc3)C23Oc2ccc(Br)cc2C2CC(c4ccccc4)=NN23)ccc1OCC(C)C. The van der Waals surface area contributed by atoms with Crippen LogP contribution < -0.4 is 19.1 Å². The second-order valence-electron chi connectivity index (χ2n) is 11.5. The molecule has 0 radical (unpaired) electrons. The van der Waals surface area contributed by atoms with Gasteiger partial charge in [0.2, 0.25) is 0 Å². The molecule has 0 bridgehead atoms. The number of hydrazone groups is 1. The molecule has 1 amide bonds. The van der Waals surface area contributed by atoms with Crippen molar-refractivity contribution in [2.75, 3.05) is 18.6 Å². The van der Waals surface area contributed by atoms with Crippen molar-refractivity contribution in [3.63, 3.8) is 0 Å². The Morgan fingerprint density at radius 1 is 1.02 bits per heavy atom. The van der Waals surface area contributed by atoms with Crippen LogP contribution in [0.1, 0.15) is 43.0 Å². The number of carbonyl (C=O) groups is 1. The first-order chi connectivity index (χ1) is 21.9. The number of amides is 1. The summed E-state index contributed by atoms with van der Waals surface area (Å²) in [6.07, 6.45) is 2.65. The number of thioether (sulfide) groups is 1. The molecule has 1 spiro atoms. The third kappa shape index (κ3) is 5.27. The summed E-state index contributed by atoms with van der Waals surface area (Å²) < 4.78 is 19.7. The van der Waals surface area contributed by atoms with E-state index in [1.165, 1.54) is 0 Å². The number of methoxy groups -OCH3 is 1. The molecule has 0 N–H and O–H groups in total. The molecule has 228 valence electrons. The minimum Gasteiger partial charge on any atom is -0.493 e. The zero-order chi connectivity index (χ0) is 31.1. The van der Waals surface area contributed by atoms with E-state index in [1.54, 1.807) is 12.0 Å². The molecular weight excluding hydrogens is 650 g/mol. The Morgan fingerprint density at radius 3 is 2.51 bits per heavy atom. The number of anilines is 1. The van der Waals surface area contributed by atoms with Gasteiger partial charge in [-0.1, -0.05) is 84.4 Å². The molecule has 9 heteroatoms. The van der Waals surface area contributed by atoms with E-state index in [0.717, 1.165) is 44.3 Å². The van der Waals surface area contributed by atoms with Crippen molar-refractivity contribution in [3.8, 4) is 17.2 Å². The van der Waals surface area contributed by atoms with E-state index in [9.17, 15) is 4.79 Å². The number of hydrogen-bond donors (Lipinski definition) is 0. The molecule has 4 aromatic carbocycles. The molecule has 3 aliphatic rings. The Hall–Kier alpha value is -4.21. The molecule has 7 nitrogen and oxygen atoms in total. The summed E-state index contributed by atoms with van der Waals surface area (Å²) >= 11 is 4.82. The maximum absolute atomic E-state index is 14.1. The molecule has 0 aliphatic carbocycles.